The van der Waals surface area contributed by atoms with Crippen molar-refractivity contribution in [3.8, 4) is 0 Å². The van der Waals surface area contributed by atoms with Crippen molar-refractivity contribution in [2.75, 3.05) is 0 Å². The molecule has 0 amide bonds. The first-order valence-corrected chi connectivity index (χ1v) is 3.91. The predicted molar refractivity (Wildman–Crippen MR) is 58.7 cm³/mol. The highest BCUT2D eigenvalue weighted by Crippen LogP contribution is 1.27. The van der Waals surface area contributed by atoms with Crippen molar-refractivity contribution in [3.63, 3.8) is 0 Å². The van der Waals surface area contributed by atoms with Crippen molar-refractivity contribution < 1.29 is 28.1 Å². The fraction of sp³-hybridized carbons (Fsp3) is 0. The lowest BCUT2D eigenvalue weighted by Gasteiger charge is -1.55. The van der Waals surface area contributed by atoms with Crippen molar-refractivity contribution in [1.82, 2.24) is 0 Å². The zero-order valence-corrected chi connectivity index (χ0v) is 5.61. The van der Waals surface area contributed by atoms with E-state index in [1.165, 1.54) is 0 Å². The molecule has 0 unspecified atom stereocenters. The van der Waals surface area contributed by atoms with Crippen LogP contribution in [0.5, 0.6) is 0 Å². The van der Waals surface area contributed by atoms with Gasteiger partial charge in [0.05, 0.1) is 0 Å². The molecule has 0 saturated heterocycles. The molecule has 0 aliphatic rings. The van der Waals surface area contributed by atoms with Crippen molar-refractivity contribution in [3.05, 3.63) is 0 Å². The van der Waals surface area contributed by atoms with E-state index in [0.29, 0.717) is 0 Å². The molecule has 0 spiro atoms. The Kier molecular flexibility index (Phi) is 90.6. The third kappa shape index (κ3) is 414. The molecule has 0 bridgehead atoms. The fourth-order valence-electron chi connectivity index (χ4n) is 0. The van der Waals surface area contributed by atoms with Gasteiger partial charge >= 0.3 is 64.4 Å². The van der Waals surface area contributed by atoms with Crippen molar-refractivity contribution in [1.29, 1.82) is 0 Å². The van der Waals surface area contributed by atoms with Gasteiger partial charge in [0.2, 0.25) is 0 Å². The molecule has 68 valence electrons. The van der Waals surface area contributed by atoms with Crippen LogP contribution in [-0.2, 0) is 8.92 Å². The molecule has 0 aromatic carbocycles. The Bertz CT molecular complexity index is 79.5. The molecular weight excluding hydrogens is 255 g/mol. The summed E-state index contributed by atoms with van der Waals surface area (Å²) in [7, 11) is -6.26. The predicted octanol–water partition coefficient (Wildman–Crippen LogP) is -7.43. The highest BCUT2D eigenvalue weighted by Gasteiger charge is 1.85. The van der Waals surface area contributed by atoms with Gasteiger partial charge in [-0.05, 0) is 0 Å². The van der Waals surface area contributed by atoms with Crippen LogP contribution in [-0.4, -0.2) is 118 Å². The minimum Gasteiger partial charge on any atom is -0.511 e. The zero-order chi connectivity index (χ0) is 7.15. The summed E-state index contributed by atoms with van der Waals surface area (Å²) in [5, 5.41) is 0. The Morgan fingerprint density at radius 2 is 0.667 bits per heavy atom. The van der Waals surface area contributed by atoms with Gasteiger partial charge in [0, 0.05) is 0 Å². The lowest BCUT2D eigenvalue weighted by Crippen LogP contribution is -1.90. The number of hydrogen-bond acceptors (Lipinski definition) is 2. The van der Waals surface area contributed by atoms with E-state index in [1.807, 2.05) is 0 Å². The van der Waals surface area contributed by atoms with Crippen LogP contribution >= 0.6 is 0 Å². The second-order valence-electron chi connectivity index (χ2n) is 0.565. The molecule has 0 aromatic rings. The number of rotatable bonds is 0. The van der Waals surface area contributed by atoms with E-state index in [9.17, 15) is 0 Å². The largest absolute Gasteiger partial charge is 0.761 e. The van der Waals surface area contributed by atoms with Gasteiger partial charge in [-0.15, -0.1) is 0 Å². The van der Waals surface area contributed by atoms with Crippen LogP contribution in [0.3, 0.4) is 0 Å². The summed E-state index contributed by atoms with van der Waals surface area (Å²) in [4.78, 5) is 28.6. The average molecular weight is 269 g/mol. The van der Waals surface area contributed by atoms with E-state index in [4.69, 9.17) is 28.1 Å². The van der Waals surface area contributed by atoms with E-state index >= 15 is 0 Å². The van der Waals surface area contributed by atoms with Gasteiger partial charge in [0.25, 0.3) is 0 Å². The summed E-state index contributed by atoms with van der Waals surface area (Å²) in [6.07, 6.45) is 0. The lowest BCUT2D eigenvalue weighted by molar-refractivity contribution is 0.328. The van der Waals surface area contributed by atoms with E-state index in [1.54, 1.807) is 0 Å². The standard InChI is InChI=1S/2Al.2Mg.2H2O3Si.10H/c;;;;2*1-4(2)3;;;;;;;;;;/h;;;;2*1-2H;;;;;;;;;;. The Morgan fingerprint density at radius 1 is 0.667 bits per heavy atom. The highest BCUT2D eigenvalue weighted by atomic mass is 28.3. The molecule has 12 heavy (non-hydrogen) atoms. The molecule has 0 aliphatic carbocycles. The Balaban J connectivity index is -0.0000000112. The van der Waals surface area contributed by atoms with Crippen LogP contribution in [0.15, 0.2) is 0 Å². The van der Waals surface area contributed by atoms with Crippen molar-refractivity contribution >= 4 is 99.2 Å². The van der Waals surface area contributed by atoms with Gasteiger partial charge in [-0.3, -0.25) is 8.92 Å². The summed E-state index contributed by atoms with van der Waals surface area (Å²) in [5.41, 5.74) is 0. The highest BCUT2D eigenvalue weighted by molar-refractivity contribution is 6.22. The summed E-state index contributed by atoms with van der Waals surface area (Å²) in [5.74, 6) is 0. The van der Waals surface area contributed by atoms with Crippen LogP contribution in [0.2, 0.25) is 0 Å². The first-order chi connectivity index (χ1) is 3.46. The molecule has 0 saturated carbocycles. The summed E-state index contributed by atoms with van der Waals surface area (Å²) >= 11 is 0. The maximum Gasteiger partial charge on any atom is 0.761 e. The van der Waals surface area contributed by atoms with Gasteiger partial charge in [0.1, 0.15) is 0 Å². The molecule has 0 fully saturated rings. The Hall–Kier alpha value is 1.83. The molecule has 0 radical (unpaired) electrons. The van der Waals surface area contributed by atoms with E-state index in [0.717, 1.165) is 0 Å². The van der Waals surface area contributed by atoms with Crippen LogP contribution in [0, 0.1) is 0 Å². The topological polar surface area (TPSA) is 115 Å². The fourth-order valence-corrected chi connectivity index (χ4v) is 0. The van der Waals surface area contributed by atoms with Gasteiger partial charge in [-0.1, -0.05) is 0 Å². The van der Waals surface area contributed by atoms with Gasteiger partial charge in [-0.2, -0.15) is 0 Å². The van der Waals surface area contributed by atoms with Crippen molar-refractivity contribution in [2.45, 2.75) is 0 Å². The maximum absolute atomic E-state index is 8.74. The zero-order valence-electron chi connectivity index (χ0n) is 3.61. The van der Waals surface area contributed by atoms with Crippen LogP contribution < -0.4 is 0 Å². The summed E-state index contributed by atoms with van der Waals surface area (Å²) < 4.78 is 17.5. The minimum absolute atomic E-state index is 0. The minimum atomic E-state index is -3.13. The maximum atomic E-state index is 8.74. The third-order valence-electron chi connectivity index (χ3n) is 0. The molecule has 12 heteroatoms. The second kappa shape index (κ2) is 29.3. The summed E-state index contributed by atoms with van der Waals surface area (Å²) in [6.45, 7) is 0. The number of hydrogen-bond donors (Lipinski definition) is 4. The molecule has 0 aromatic heterocycles. The van der Waals surface area contributed by atoms with Gasteiger partial charge < -0.3 is 19.2 Å². The van der Waals surface area contributed by atoms with Gasteiger partial charge in [0.15, 0.2) is 34.7 Å². The third-order valence-corrected chi connectivity index (χ3v) is 0. The molecule has 4 N–H and O–H groups in total. The normalized spacial score (nSPS) is 4.00. The molecule has 0 aliphatic heterocycles. The molecule has 0 heterocycles. The van der Waals surface area contributed by atoms with Crippen molar-refractivity contribution in [2.24, 2.45) is 0 Å². The van der Waals surface area contributed by atoms with Crippen LogP contribution in [0.25, 0.3) is 0 Å². The van der Waals surface area contributed by atoms with E-state index in [2.05, 4.69) is 0 Å². The van der Waals surface area contributed by atoms with Gasteiger partial charge in [-0.25, -0.2) is 0 Å². The summed E-state index contributed by atoms with van der Waals surface area (Å²) in [6, 6.07) is 0. The quantitative estimate of drug-likeness (QED) is 0.325. The monoisotopic (exact) mass is 268 g/mol. The lowest BCUT2D eigenvalue weighted by atomic mass is 15.8. The average Bonchev–Trinajstić information content (AvgIpc) is 1.25. The van der Waals surface area contributed by atoms with Crippen LogP contribution in [0.4, 0.5) is 0 Å². The van der Waals surface area contributed by atoms with Crippen LogP contribution in [0.1, 0.15) is 0 Å². The smallest absolute Gasteiger partial charge is 0.511 e. The first-order valence-electron chi connectivity index (χ1n) is 1.30. The molecule has 0 atom stereocenters. The second-order valence-corrected chi connectivity index (χ2v) is 1.70. The Labute approximate surface area is 126 Å². The molecular formula is H14Al2Mg2O6Si2. The Morgan fingerprint density at radius 3 is 0.667 bits per heavy atom. The van der Waals surface area contributed by atoms with E-state index < -0.39 is 18.3 Å². The molecule has 0 rings (SSSR count). The molecule has 6 nitrogen and oxygen atoms in total. The SMILES string of the molecule is O=[Si](O)O.O=[Si](O)O.[AlH3].[AlH3].[MgH2].[MgH2]. The first kappa shape index (κ1) is 37.1. The van der Waals surface area contributed by atoms with E-state index in [-0.39, 0.29) is 80.8 Å².